The minimum atomic E-state index is -0.290. The summed E-state index contributed by atoms with van der Waals surface area (Å²) in [4.78, 5) is 2.31. The maximum Gasteiger partial charge on any atom is 0.146 e. The van der Waals surface area contributed by atoms with E-state index in [2.05, 4.69) is 16.5 Å². The van der Waals surface area contributed by atoms with Crippen molar-refractivity contribution in [3.8, 4) is 5.75 Å². The molecule has 0 aliphatic carbocycles. The van der Waals surface area contributed by atoms with Crippen LogP contribution in [-0.4, -0.2) is 35.2 Å². The van der Waals surface area contributed by atoms with Crippen LogP contribution in [0.5, 0.6) is 5.75 Å². The molecule has 1 spiro atoms. The van der Waals surface area contributed by atoms with Gasteiger partial charge in [0.1, 0.15) is 23.2 Å². The van der Waals surface area contributed by atoms with E-state index >= 15 is 0 Å². The van der Waals surface area contributed by atoms with Gasteiger partial charge in [0, 0.05) is 24.5 Å². The Labute approximate surface area is 123 Å². The molecule has 0 N–H and O–H groups in total. The molecule has 1 aromatic heterocycles. The number of aromatic nitrogens is 1. The van der Waals surface area contributed by atoms with Crippen LogP contribution in [-0.2, 0) is 0 Å². The second-order valence-corrected chi connectivity index (χ2v) is 6.22. The van der Waals surface area contributed by atoms with Gasteiger partial charge in [-0.15, -0.1) is 0 Å². The molecule has 2 aliphatic rings. The van der Waals surface area contributed by atoms with Gasteiger partial charge in [0.2, 0.25) is 0 Å². The van der Waals surface area contributed by atoms with Crippen molar-refractivity contribution >= 4 is 0 Å². The van der Waals surface area contributed by atoms with Crippen LogP contribution in [0.3, 0.4) is 0 Å². The van der Waals surface area contributed by atoms with Gasteiger partial charge in [-0.1, -0.05) is 0 Å². The number of fused-ring (bicyclic) bond motifs is 1. The lowest BCUT2D eigenvalue weighted by Gasteiger charge is -2.42. The van der Waals surface area contributed by atoms with E-state index in [4.69, 9.17) is 4.74 Å². The highest BCUT2D eigenvalue weighted by molar-refractivity contribution is 5.44. The molecule has 1 fully saturated rings. The summed E-state index contributed by atoms with van der Waals surface area (Å²) in [6.07, 6.45) is 6.19. The van der Waals surface area contributed by atoms with E-state index in [0.29, 0.717) is 0 Å². The van der Waals surface area contributed by atoms with Gasteiger partial charge in [-0.2, -0.15) is 0 Å². The Morgan fingerprint density at radius 3 is 2.86 bits per heavy atom. The van der Waals surface area contributed by atoms with Gasteiger partial charge in [-0.25, -0.2) is 4.39 Å². The van der Waals surface area contributed by atoms with Crippen molar-refractivity contribution in [1.82, 2.24) is 9.47 Å². The Morgan fingerprint density at radius 2 is 2.10 bits per heavy atom. The SMILES string of the molecule is CN1CCCC2(C1)Oc1ccc(F)cc1C2n1cccc1. The first-order valence-electron chi connectivity index (χ1n) is 7.47. The molecule has 0 bridgehead atoms. The second-order valence-electron chi connectivity index (χ2n) is 6.22. The van der Waals surface area contributed by atoms with Gasteiger partial charge in [-0.05, 0) is 56.8 Å². The smallest absolute Gasteiger partial charge is 0.146 e. The average molecular weight is 286 g/mol. The zero-order valence-corrected chi connectivity index (χ0v) is 12.1. The molecule has 110 valence electrons. The number of benzene rings is 1. The van der Waals surface area contributed by atoms with Crippen molar-refractivity contribution in [2.75, 3.05) is 20.1 Å². The number of hydrogen-bond acceptors (Lipinski definition) is 2. The molecule has 3 heterocycles. The molecule has 3 nitrogen and oxygen atoms in total. The number of ether oxygens (including phenoxy) is 1. The molecular weight excluding hydrogens is 267 g/mol. The number of likely N-dealkylation sites (N-methyl/N-ethyl adjacent to an activating group) is 1. The standard InChI is InChI=1S/C17H19FN2O/c1-19-8-4-7-17(12-19)16(20-9-2-3-10-20)14-11-13(18)5-6-15(14)21-17/h2-3,5-6,9-11,16H,4,7-8,12H2,1H3. The minimum absolute atomic E-state index is 0.0425. The summed E-state index contributed by atoms with van der Waals surface area (Å²) in [6.45, 7) is 1.96. The summed E-state index contributed by atoms with van der Waals surface area (Å²) in [5.41, 5.74) is 0.670. The van der Waals surface area contributed by atoms with Gasteiger partial charge >= 0.3 is 0 Å². The summed E-state index contributed by atoms with van der Waals surface area (Å²) in [7, 11) is 2.13. The fraction of sp³-hybridized carbons (Fsp3) is 0.412. The molecule has 1 aromatic carbocycles. The van der Waals surface area contributed by atoms with Gasteiger partial charge in [0.15, 0.2) is 0 Å². The van der Waals surface area contributed by atoms with E-state index in [9.17, 15) is 4.39 Å². The molecule has 0 amide bonds. The van der Waals surface area contributed by atoms with Gasteiger partial charge in [0.05, 0.1) is 0 Å². The van der Waals surface area contributed by atoms with Crippen LogP contribution >= 0.6 is 0 Å². The van der Waals surface area contributed by atoms with Gasteiger partial charge < -0.3 is 14.2 Å². The van der Waals surface area contributed by atoms with Crippen LogP contribution in [0.4, 0.5) is 4.39 Å². The minimum Gasteiger partial charge on any atom is -0.483 e. The molecule has 0 saturated carbocycles. The monoisotopic (exact) mass is 286 g/mol. The summed E-state index contributed by atoms with van der Waals surface area (Å²) in [5, 5.41) is 0. The van der Waals surface area contributed by atoms with Gasteiger partial charge in [-0.3, -0.25) is 0 Å². The van der Waals surface area contributed by atoms with Crippen molar-refractivity contribution in [3.05, 3.63) is 54.1 Å². The van der Waals surface area contributed by atoms with Crippen molar-refractivity contribution < 1.29 is 9.13 Å². The third-order valence-corrected chi connectivity index (χ3v) is 4.68. The van der Waals surface area contributed by atoms with E-state index < -0.39 is 0 Å². The third kappa shape index (κ3) is 1.97. The Balaban J connectivity index is 1.85. The lowest BCUT2D eigenvalue weighted by atomic mass is 9.83. The van der Waals surface area contributed by atoms with Crippen LogP contribution < -0.4 is 4.74 Å². The molecule has 4 rings (SSSR count). The highest BCUT2D eigenvalue weighted by Crippen LogP contribution is 2.49. The zero-order valence-electron chi connectivity index (χ0n) is 12.1. The van der Waals surface area contributed by atoms with Crippen LogP contribution in [0.25, 0.3) is 0 Å². The summed E-state index contributed by atoms with van der Waals surface area (Å²) < 4.78 is 22.3. The Hall–Kier alpha value is -1.81. The largest absolute Gasteiger partial charge is 0.483 e. The molecule has 2 aliphatic heterocycles. The predicted octanol–water partition coefficient (Wildman–Crippen LogP) is 3.07. The second kappa shape index (κ2) is 4.60. The van der Waals surface area contributed by atoms with E-state index in [1.165, 1.54) is 6.07 Å². The molecule has 4 heteroatoms. The quantitative estimate of drug-likeness (QED) is 0.801. The topological polar surface area (TPSA) is 17.4 Å². The number of nitrogens with zero attached hydrogens (tertiary/aromatic N) is 2. The molecule has 2 aromatic rings. The first kappa shape index (κ1) is 12.9. The van der Waals surface area contributed by atoms with E-state index in [0.717, 1.165) is 37.2 Å². The Morgan fingerprint density at radius 1 is 1.29 bits per heavy atom. The van der Waals surface area contributed by atoms with Crippen LogP contribution in [0.1, 0.15) is 24.4 Å². The van der Waals surface area contributed by atoms with E-state index in [1.54, 1.807) is 12.1 Å². The fourth-order valence-electron chi connectivity index (χ4n) is 3.91. The molecule has 2 atom stereocenters. The van der Waals surface area contributed by atoms with Crippen LogP contribution in [0.15, 0.2) is 42.7 Å². The molecule has 21 heavy (non-hydrogen) atoms. The van der Waals surface area contributed by atoms with E-state index in [-0.39, 0.29) is 17.5 Å². The number of piperidine rings is 1. The molecular formula is C17H19FN2O. The highest BCUT2D eigenvalue weighted by atomic mass is 19.1. The molecule has 0 radical (unpaired) electrons. The highest BCUT2D eigenvalue weighted by Gasteiger charge is 2.51. The normalized spacial score (nSPS) is 28.6. The number of hydrogen-bond donors (Lipinski definition) is 0. The van der Waals surface area contributed by atoms with Crippen molar-refractivity contribution in [1.29, 1.82) is 0 Å². The van der Waals surface area contributed by atoms with Crippen LogP contribution in [0.2, 0.25) is 0 Å². The third-order valence-electron chi connectivity index (χ3n) is 4.68. The summed E-state index contributed by atoms with van der Waals surface area (Å²) >= 11 is 0. The Bertz CT molecular complexity index is 655. The van der Waals surface area contributed by atoms with Gasteiger partial charge in [0.25, 0.3) is 0 Å². The number of rotatable bonds is 1. The Kier molecular flexibility index (Phi) is 2.82. The van der Waals surface area contributed by atoms with Crippen molar-refractivity contribution in [2.45, 2.75) is 24.5 Å². The molecule has 2 unspecified atom stereocenters. The first-order chi connectivity index (χ1) is 10.2. The van der Waals surface area contributed by atoms with Crippen LogP contribution in [0, 0.1) is 5.82 Å². The van der Waals surface area contributed by atoms with Crippen molar-refractivity contribution in [3.63, 3.8) is 0 Å². The lowest BCUT2D eigenvalue weighted by molar-refractivity contribution is -0.00858. The maximum atomic E-state index is 13.7. The summed E-state index contributed by atoms with van der Waals surface area (Å²) in [5.74, 6) is 0.626. The first-order valence-corrected chi connectivity index (χ1v) is 7.47. The number of halogens is 1. The summed E-state index contributed by atoms with van der Waals surface area (Å²) in [6, 6.07) is 8.95. The van der Waals surface area contributed by atoms with E-state index in [1.807, 2.05) is 24.5 Å². The lowest BCUT2D eigenvalue weighted by Crippen LogP contribution is -2.53. The average Bonchev–Trinajstić information content (AvgIpc) is 3.04. The maximum absolute atomic E-state index is 13.7. The predicted molar refractivity (Wildman–Crippen MR) is 79.1 cm³/mol. The van der Waals surface area contributed by atoms with Crippen molar-refractivity contribution in [2.24, 2.45) is 0 Å². The zero-order chi connectivity index (χ0) is 14.4. The fourth-order valence-corrected chi connectivity index (χ4v) is 3.91. The number of likely N-dealkylation sites (tertiary alicyclic amines) is 1. The molecule has 1 saturated heterocycles.